The van der Waals surface area contributed by atoms with E-state index in [4.69, 9.17) is 0 Å². The predicted octanol–water partition coefficient (Wildman–Crippen LogP) is 2.48. The lowest BCUT2D eigenvalue weighted by Crippen LogP contribution is -2.25. The van der Waals surface area contributed by atoms with Crippen molar-refractivity contribution in [3.63, 3.8) is 0 Å². The Kier molecular flexibility index (Phi) is 7.09. The second-order valence-electron chi connectivity index (χ2n) is 5.67. The van der Waals surface area contributed by atoms with Crippen molar-refractivity contribution in [3.05, 3.63) is 59.9 Å². The molecule has 25 heavy (non-hydrogen) atoms. The number of unbranched alkanes of at least 4 members (excludes halogenated alkanes) is 2. The molecule has 1 aromatic heterocycles. The van der Waals surface area contributed by atoms with Gasteiger partial charge in [-0.1, -0.05) is 19.8 Å². The van der Waals surface area contributed by atoms with E-state index in [1.807, 2.05) is 0 Å². The van der Waals surface area contributed by atoms with Gasteiger partial charge in [0.2, 0.25) is 10.0 Å². The zero-order chi connectivity index (χ0) is 18.1. The molecule has 0 saturated heterocycles. The Morgan fingerprint density at radius 3 is 2.36 bits per heavy atom. The van der Waals surface area contributed by atoms with Crippen molar-refractivity contribution in [2.75, 3.05) is 6.54 Å². The van der Waals surface area contributed by atoms with Gasteiger partial charge in [0.1, 0.15) is 0 Å². The van der Waals surface area contributed by atoms with Gasteiger partial charge in [-0.25, -0.2) is 13.1 Å². The molecule has 0 radical (unpaired) electrons. The lowest BCUT2D eigenvalue weighted by Gasteiger charge is -2.08. The maximum Gasteiger partial charge on any atom is 0.251 e. The number of nitrogens with one attached hydrogen (secondary N) is 2. The average molecular weight is 361 g/mol. The van der Waals surface area contributed by atoms with Crippen LogP contribution in [0.2, 0.25) is 0 Å². The van der Waals surface area contributed by atoms with Crippen LogP contribution in [0.1, 0.15) is 42.1 Å². The normalized spacial score (nSPS) is 11.2. The van der Waals surface area contributed by atoms with Crippen molar-refractivity contribution in [1.29, 1.82) is 0 Å². The van der Waals surface area contributed by atoms with Crippen molar-refractivity contribution < 1.29 is 13.2 Å². The molecule has 0 aliphatic rings. The molecule has 1 aromatic carbocycles. The van der Waals surface area contributed by atoms with Gasteiger partial charge < -0.3 is 5.32 Å². The standard InChI is InChI=1S/C18H23N3O3S/c1-2-3-4-11-20-18(22)16-5-7-17(8-6-16)25(23,24)21-14-15-9-12-19-13-10-15/h5-10,12-13,21H,2-4,11,14H2,1H3,(H,20,22). The van der Waals surface area contributed by atoms with Gasteiger partial charge in [0.05, 0.1) is 4.90 Å². The van der Waals surface area contributed by atoms with Crippen molar-refractivity contribution in [2.45, 2.75) is 37.6 Å². The minimum absolute atomic E-state index is 0.129. The van der Waals surface area contributed by atoms with E-state index >= 15 is 0 Å². The first kappa shape index (κ1) is 19.1. The molecule has 7 heteroatoms. The molecule has 0 fully saturated rings. The fourth-order valence-corrected chi connectivity index (χ4v) is 3.24. The molecule has 1 amide bonds. The molecular formula is C18H23N3O3S. The van der Waals surface area contributed by atoms with Crippen LogP contribution in [0.15, 0.2) is 53.7 Å². The molecule has 0 bridgehead atoms. The lowest BCUT2D eigenvalue weighted by atomic mass is 10.2. The Morgan fingerprint density at radius 1 is 1.04 bits per heavy atom. The molecule has 2 aromatic rings. The van der Waals surface area contributed by atoms with Gasteiger partial charge in [-0.05, 0) is 48.4 Å². The Morgan fingerprint density at radius 2 is 1.72 bits per heavy atom. The van der Waals surface area contributed by atoms with E-state index in [9.17, 15) is 13.2 Å². The number of benzene rings is 1. The second kappa shape index (κ2) is 9.29. The van der Waals surface area contributed by atoms with Crippen molar-refractivity contribution in [1.82, 2.24) is 15.0 Å². The predicted molar refractivity (Wildman–Crippen MR) is 96.6 cm³/mol. The van der Waals surface area contributed by atoms with Gasteiger partial charge in [0.15, 0.2) is 0 Å². The van der Waals surface area contributed by atoms with E-state index in [-0.39, 0.29) is 17.3 Å². The number of rotatable bonds is 9. The minimum atomic E-state index is -3.63. The van der Waals surface area contributed by atoms with Crippen molar-refractivity contribution >= 4 is 15.9 Å². The first-order valence-corrected chi connectivity index (χ1v) is 9.78. The Hall–Kier alpha value is -2.25. The van der Waals surface area contributed by atoms with E-state index in [2.05, 4.69) is 21.9 Å². The number of hydrogen-bond acceptors (Lipinski definition) is 4. The van der Waals surface area contributed by atoms with Crippen LogP contribution in [-0.4, -0.2) is 25.9 Å². The van der Waals surface area contributed by atoms with Crippen LogP contribution < -0.4 is 10.0 Å². The maximum absolute atomic E-state index is 12.3. The van der Waals surface area contributed by atoms with Gasteiger partial charge in [0, 0.05) is 31.0 Å². The summed E-state index contributed by atoms with van der Waals surface area (Å²) in [6.45, 7) is 2.91. The van der Waals surface area contributed by atoms with E-state index in [1.54, 1.807) is 24.5 Å². The third-order valence-corrected chi connectivity index (χ3v) is 5.13. The summed E-state index contributed by atoms with van der Waals surface area (Å²) >= 11 is 0. The Labute approximate surface area is 148 Å². The van der Waals surface area contributed by atoms with Gasteiger partial charge in [-0.15, -0.1) is 0 Å². The molecular weight excluding hydrogens is 338 g/mol. The third-order valence-electron chi connectivity index (χ3n) is 3.71. The molecule has 1 heterocycles. The Balaban J connectivity index is 1.94. The van der Waals surface area contributed by atoms with Crippen LogP contribution >= 0.6 is 0 Å². The van der Waals surface area contributed by atoms with E-state index in [1.165, 1.54) is 24.3 Å². The summed E-state index contributed by atoms with van der Waals surface area (Å²) in [6, 6.07) is 9.42. The molecule has 0 atom stereocenters. The highest BCUT2D eigenvalue weighted by Gasteiger charge is 2.14. The van der Waals surface area contributed by atoms with Gasteiger partial charge in [-0.2, -0.15) is 0 Å². The number of aromatic nitrogens is 1. The monoisotopic (exact) mass is 361 g/mol. The maximum atomic E-state index is 12.3. The first-order valence-electron chi connectivity index (χ1n) is 8.30. The number of carbonyl (C=O) groups is 1. The summed E-state index contributed by atoms with van der Waals surface area (Å²) in [4.78, 5) is 16.0. The number of nitrogens with zero attached hydrogens (tertiary/aromatic N) is 1. The van der Waals surface area contributed by atoms with E-state index < -0.39 is 10.0 Å². The number of hydrogen-bond donors (Lipinski definition) is 2. The van der Waals surface area contributed by atoms with Crippen LogP contribution in [0.25, 0.3) is 0 Å². The summed E-state index contributed by atoms with van der Waals surface area (Å²) in [5.41, 5.74) is 1.27. The summed E-state index contributed by atoms with van der Waals surface area (Å²) in [7, 11) is -3.63. The third kappa shape index (κ3) is 5.95. The van der Waals surface area contributed by atoms with Crippen LogP contribution in [0, 0.1) is 0 Å². The average Bonchev–Trinajstić information content (AvgIpc) is 2.64. The molecule has 0 aliphatic carbocycles. The molecule has 0 saturated carbocycles. The van der Waals surface area contributed by atoms with Gasteiger partial charge >= 0.3 is 0 Å². The van der Waals surface area contributed by atoms with Crippen molar-refractivity contribution in [3.8, 4) is 0 Å². The number of carbonyl (C=O) groups excluding carboxylic acids is 1. The first-order chi connectivity index (χ1) is 12.0. The molecule has 134 valence electrons. The van der Waals surface area contributed by atoms with E-state index in [0.29, 0.717) is 12.1 Å². The van der Waals surface area contributed by atoms with Crippen LogP contribution in [0.3, 0.4) is 0 Å². The SMILES string of the molecule is CCCCCNC(=O)c1ccc(S(=O)(=O)NCc2ccncc2)cc1. The topological polar surface area (TPSA) is 88.2 Å². The smallest absolute Gasteiger partial charge is 0.251 e. The molecule has 0 unspecified atom stereocenters. The van der Waals surface area contributed by atoms with Crippen LogP contribution in [0.5, 0.6) is 0 Å². The molecule has 2 N–H and O–H groups in total. The largest absolute Gasteiger partial charge is 0.352 e. The minimum Gasteiger partial charge on any atom is -0.352 e. The zero-order valence-corrected chi connectivity index (χ0v) is 15.1. The number of amides is 1. The highest BCUT2D eigenvalue weighted by molar-refractivity contribution is 7.89. The highest BCUT2D eigenvalue weighted by Crippen LogP contribution is 2.11. The number of sulfonamides is 1. The molecule has 6 nitrogen and oxygen atoms in total. The molecule has 0 aliphatic heterocycles. The summed E-state index contributed by atoms with van der Waals surface area (Å²) in [5, 5.41) is 2.83. The summed E-state index contributed by atoms with van der Waals surface area (Å²) in [5.74, 6) is -0.190. The van der Waals surface area contributed by atoms with Crippen LogP contribution in [0.4, 0.5) is 0 Å². The quantitative estimate of drug-likeness (QED) is 0.672. The fourth-order valence-electron chi connectivity index (χ4n) is 2.23. The summed E-state index contributed by atoms with van der Waals surface area (Å²) < 4.78 is 27.1. The summed E-state index contributed by atoms with van der Waals surface area (Å²) in [6.07, 6.45) is 6.32. The number of pyridine rings is 1. The Bertz CT molecular complexity index is 775. The second-order valence-corrected chi connectivity index (χ2v) is 7.43. The van der Waals surface area contributed by atoms with Crippen molar-refractivity contribution in [2.24, 2.45) is 0 Å². The van der Waals surface area contributed by atoms with Gasteiger partial charge in [-0.3, -0.25) is 9.78 Å². The highest BCUT2D eigenvalue weighted by atomic mass is 32.2. The van der Waals surface area contributed by atoms with Gasteiger partial charge in [0.25, 0.3) is 5.91 Å². The van der Waals surface area contributed by atoms with E-state index in [0.717, 1.165) is 24.8 Å². The molecule has 2 rings (SSSR count). The van der Waals surface area contributed by atoms with Crippen LogP contribution in [-0.2, 0) is 16.6 Å². The molecule has 0 spiro atoms. The lowest BCUT2D eigenvalue weighted by molar-refractivity contribution is 0.0953. The fraction of sp³-hybridized carbons (Fsp3) is 0.333. The zero-order valence-electron chi connectivity index (χ0n) is 14.2.